The first-order chi connectivity index (χ1) is 17.2. The summed E-state index contributed by atoms with van der Waals surface area (Å²) in [6, 6.07) is 8.67. The average molecular weight is 498 g/mol. The van der Waals surface area contributed by atoms with E-state index in [0.717, 1.165) is 0 Å². The van der Waals surface area contributed by atoms with E-state index < -0.39 is 24.1 Å². The van der Waals surface area contributed by atoms with Gasteiger partial charge in [-0.3, -0.25) is 14.4 Å². The predicted octanol–water partition coefficient (Wildman–Crippen LogP) is 3.25. The molecule has 0 amide bonds. The number of hydrogen-bond acceptors (Lipinski definition) is 9. The topological polar surface area (TPSA) is 112 Å². The molecule has 0 N–H and O–H groups in total. The maximum atomic E-state index is 13.9. The number of aromatic nitrogens is 1. The molecule has 36 heavy (non-hydrogen) atoms. The van der Waals surface area contributed by atoms with Gasteiger partial charge < -0.3 is 33.0 Å². The number of carbonyl (C=O) groups is 2. The van der Waals surface area contributed by atoms with Gasteiger partial charge in [-0.1, -0.05) is 6.07 Å². The van der Waals surface area contributed by atoms with Gasteiger partial charge in [0.15, 0.2) is 35.2 Å². The van der Waals surface area contributed by atoms with E-state index in [2.05, 4.69) is 0 Å². The van der Waals surface area contributed by atoms with Crippen molar-refractivity contribution in [1.82, 2.24) is 4.57 Å². The monoisotopic (exact) mass is 497 g/mol. The van der Waals surface area contributed by atoms with Crippen molar-refractivity contribution >= 4 is 22.7 Å². The lowest BCUT2D eigenvalue weighted by Gasteiger charge is -2.26. The first kappa shape index (κ1) is 24.9. The van der Waals surface area contributed by atoms with E-state index in [0.29, 0.717) is 44.8 Å². The highest BCUT2D eigenvalue weighted by Crippen LogP contribution is 2.44. The minimum absolute atomic E-state index is 0.0820. The van der Waals surface area contributed by atoms with Crippen LogP contribution in [0.4, 0.5) is 0 Å². The zero-order valence-electron chi connectivity index (χ0n) is 20.9. The number of benzene rings is 2. The molecule has 0 bridgehead atoms. The smallest absolute Gasteiger partial charge is 0.303 e. The SMILES string of the molecule is COc1cc2c(cc1OC)C(OC(C)=O)C(OC(C)=O)Cn1c-2cc2ccc(OC)c(OC)c2c1=O. The summed E-state index contributed by atoms with van der Waals surface area (Å²) < 4.78 is 34.6. The fourth-order valence-electron chi connectivity index (χ4n) is 4.62. The van der Waals surface area contributed by atoms with Gasteiger partial charge in [-0.15, -0.1) is 0 Å². The third-order valence-electron chi connectivity index (χ3n) is 6.07. The van der Waals surface area contributed by atoms with Crippen molar-refractivity contribution in [3.05, 3.63) is 46.2 Å². The molecule has 10 nitrogen and oxygen atoms in total. The van der Waals surface area contributed by atoms with Crippen LogP contribution in [0.15, 0.2) is 35.1 Å². The maximum Gasteiger partial charge on any atom is 0.303 e. The second-order valence-corrected chi connectivity index (χ2v) is 8.18. The second-order valence-electron chi connectivity index (χ2n) is 8.18. The Morgan fingerprint density at radius 3 is 2.06 bits per heavy atom. The van der Waals surface area contributed by atoms with Gasteiger partial charge in [0.05, 0.1) is 46.1 Å². The molecule has 2 aromatic carbocycles. The van der Waals surface area contributed by atoms with Gasteiger partial charge in [0.25, 0.3) is 5.56 Å². The fourth-order valence-corrected chi connectivity index (χ4v) is 4.62. The van der Waals surface area contributed by atoms with Gasteiger partial charge in [-0.05, 0) is 29.7 Å². The number of fused-ring (bicyclic) bond motifs is 4. The van der Waals surface area contributed by atoms with Crippen molar-refractivity contribution in [1.29, 1.82) is 0 Å². The summed E-state index contributed by atoms with van der Waals surface area (Å²) >= 11 is 0. The summed E-state index contributed by atoms with van der Waals surface area (Å²) in [4.78, 5) is 38.1. The minimum Gasteiger partial charge on any atom is -0.493 e. The largest absolute Gasteiger partial charge is 0.493 e. The van der Waals surface area contributed by atoms with Gasteiger partial charge in [-0.2, -0.15) is 0 Å². The Bertz CT molecular complexity index is 1410. The van der Waals surface area contributed by atoms with Gasteiger partial charge in [0, 0.05) is 25.0 Å². The van der Waals surface area contributed by atoms with E-state index in [9.17, 15) is 14.4 Å². The number of methoxy groups -OCH3 is 4. The zero-order chi connectivity index (χ0) is 26.1. The van der Waals surface area contributed by atoms with Crippen LogP contribution in [0.25, 0.3) is 22.0 Å². The predicted molar refractivity (Wildman–Crippen MR) is 130 cm³/mol. The van der Waals surface area contributed by atoms with E-state index in [1.54, 1.807) is 24.3 Å². The number of esters is 2. The third-order valence-corrected chi connectivity index (χ3v) is 6.07. The Hall–Kier alpha value is -4.21. The highest BCUT2D eigenvalue weighted by atomic mass is 16.6. The van der Waals surface area contributed by atoms with Gasteiger partial charge >= 0.3 is 11.9 Å². The Morgan fingerprint density at radius 2 is 1.47 bits per heavy atom. The van der Waals surface area contributed by atoms with E-state index in [4.69, 9.17) is 28.4 Å². The summed E-state index contributed by atoms with van der Waals surface area (Å²) in [5.41, 5.74) is 1.18. The highest BCUT2D eigenvalue weighted by molar-refractivity contribution is 5.93. The molecule has 4 rings (SSSR count). The molecule has 10 heteroatoms. The van der Waals surface area contributed by atoms with Crippen LogP contribution in [0.3, 0.4) is 0 Å². The molecule has 0 spiro atoms. The Kier molecular flexibility index (Phi) is 6.78. The number of rotatable bonds is 6. The molecule has 0 fully saturated rings. The zero-order valence-corrected chi connectivity index (χ0v) is 20.9. The van der Waals surface area contributed by atoms with Crippen molar-refractivity contribution in [3.63, 3.8) is 0 Å². The molecular formula is C26H27NO9. The van der Waals surface area contributed by atoms with Crippen LogP contribution < -0.4 is 24.5 Å². The van der Waals surface area contributed by atoms with E-state index in [1.165, 1.54) is 46.9 Å². The highest BCUT2D eigenvalue weighted by Gasteiger charge is 2.37. The normalized spacial score (nSPS) is 16.3. The Morgan fingerprint density at radius 1 is 0.833 bits per heavy atom. The standard InChI is InChI=1S/C26H27NO9/c1-13(28)35-22-12-27-18(9-15-7-8-19(31-3)25(34-6)23(15)26(27)30)16-10-20(32-4)21(33-5)11-17(16)24(22)36-14(2)29/h7-11,22,24H,12H2,1-6H3. The molecule has 0 saturated carbocycles. The van der Waals surface area contributed by atoms with Crippen LogP contribution in [0.5, 0.6) is 23.0 Å². The Balaban J connectivity index is 2.13. The first-order valence-electron chi connectivity index (χ1n) is 11.1. The molecule has 0 radical (unpaired) electrons. The summed E-state index contributed by atoms with van der Waals surface area (Å²) in [6.07, 6.45) is -2.02. The van der Waals surface area contributed by atoms with Crippen LogP contribution in [-0.4, -0.2) is 51.0 Å². The van der Waals surface area contributed by atoms with Crippen molar-refractivity contribution < 1.29 is 38.0 Å². The van der Waals surface area contributed by atoms with Crippen molar-refractivity contribution in [2.24, 2.45) is 0 Å². The quantitative estimate of drug-likeness (QED) is 0.474. The molecule has 0 saturated heterocycles. The van der Waals surface area contributed by atoms with Crippen LogP contribution in [0, 0.1) is 0 Å². The number of hydrogen-bond donors (Lipinski definition) is 0. The molecule has 1 aliphatic rings. The van der Waals surface area contributed by atoms with E-state index in [-0.39, 0.29) is 17.9 Å². The van der Waals surface area contributed by atoms with Gasteiger partial charge in [0.2, 0.25) is 0 Å². The molecular weight excluding hydrogens is 470 g/mol. The first-order valence-corrected chi connectivity index (χ1v) is 11.1. The van der Waals surface area contributed by atoms with Crippen LogP contribution >= 0.6 is 0 Å². The number of carbonyl (C=O) groups excluding carboxylic acids is 2. The molecule has 0 aliphatic carbocycles. The van der Waals surface area contributed by atoms with Gasteiger partial charge in [-0.25, -0.2) is 0 Å². The third kappa shape index (κ3) is 4.19. The number of ether oxygens (including phenoxy) is 6. The lowest BCUT2D eigenvalue weighted by atomic mass is 9.96. The minimum atomic E-state index is -1.01. The molecule has 2 atom stereocenters. The molecule has 2 heterocycles. The molecule has 2 unspecified atom stereocenters. The van der Waals surface area contributed by atoms with Crippen LogP contribution in [-0.2, 0) is 25.6 Å². The lowest BCUT2D eigenvalue weighted by molar-refractivity contribution is -0.167. The van der Waals surface area contributed by atoms with Crippen LogP contribution in [0.1, 0.15) is 25.5 Å². The Labute approximate surface area is 207 Å². The lowest BCUT2D eigenvalue weighted by Crippen LogP contribution is -2.34. The fraction of sp³-hybridized carbons (Fsp3) is 0.346. The summed E-state index contributed by atoms with van der Waals surface area (Å²) in [5.74, 6) is 0.321. The summed E-state index contributed by atoms with van der Waals surface area (Å²) in [7, 11) is 5.92. The summed E-state index contributed by atoms with van der Waals surface area (Å²) in [6.45, 7) is 2.44. The van der Waals surface area contributed by atoms with Crippen molar-refractivity contribution in [2.45, 2.75) is 32.6 Å². The molecule has 1 aliphatic heterocycles. The molecule has 1 aromatic heterocycles. The van der Waals surface area contributed by atoms with E-state index in [1.807, 2.05) is 6.07 Å². The number of pyridine rings is 1. The van der Waals surface area contributed by atoms with Crippen LogP contribution in [0.2, 0.25) is 0 Å². The second kappa shape index (κ2) is 9.80. The van der Waals surface area contributed by atoms with Crippen molar-refractivity contribution in [3.8, 4) is 34.3 Å². The maximum absolute atomic E-state index is 13.9. The van der Waals surface area contributed by atoms with E-state index >= 15 is 0 Å². The molecule has 190 valence electrons. The average Bonchev–Trinajstić information content (AvgIpc) is 2.97. The molecule has 3 aromatic rings. The summed E-state index contributed by atoms with van der Waals surface area (Å²) in [5, 5.41) is 0.912. The number of nitrogens with zero attached hydrogens (tertiary/aromatic N) is 1. The van der Waals surface area contributed by atoms with Crippen molar-refractivity contribution in [2.75, 3.05) is 28.4 Å². The van der Waals surface area contributed by atoms with Gasteiger partial charge in [0.1, 0.15) is 0 Å².